The molecule has 0 saturated carbocycles. The Kier molecular flexibility index (Phi) is 4.82. The molecule has 1 unspecified atom stereocenters. The molecule has 0 aliphatic rings. The summed E-state index contributed by atoms with van der Waals surface area (Å²) in [5.41, 5.74) is 1.76. The molecule has 1 atom stereocenters. The predicted molar refractivity (Wildman–Crippen MR) is 82.4 cm³/mol. The SMILES string of the molecule is Cc1cc(C(=O)NCC(C)C(=O)O)nn1-c1cccc(Cl)c1. The summed E-state index contributed by atoms with van der Waals surface area (Å²) in [6, 6.07) is 8.77. The van der Waals surface area contributed by atoms with Crippen molar-refractivity contribution >= 4 is 23.5 Å². The highest BCUT2D eigenvalue weighted by Gasteiger charge is 2.16. The first-order valence-corrected chi connectivity index (χ1v) is 7.10. The van der Waals surface area contributed by atoms with Crippen LogP contribution in [0.5, 0.6) is 0 Å². The van der Waals surface area contributed by atoms with Crippen LogP contribution in [0.1, 0.15) is 23.1 Å². The van der Waals surface area contributed by atoms with Crippen LogP contribution in [-0.4, -0.2) is 33.3 Å². The number of rotatable bonds is 5. The molecular formula is C15H16ClN3O3. The van der Waals surface area contributed by atoms with Crippen molar-refractivity contribution in [2.24, 2.45) is 5.92 Å². The van der Waals surface area contributed by atoms with Crippen molar-refractivity contribution in [2.75, 3.05) is 6.54 Å². The topological polar surface area (TPSA) is 84.2 Å². The lowest BCUT2D eigenvalue weighted by atomic mass is 10.2. The van der Waals surface area contributed by atoms with E-state index in [0.717, 1.165) is 11.4 Å². The summed E-state index contributed by atoms with van der Waals surface area (Å²) in [6.07, 6.45) is 0. The second-order valence-electron chi connectivity index (χ2n) is 5.01. The highest BCUT2D eigenvalue weighted by molar-refractivity contribution is 6.30. The molecule has 2 N–H and O–H groups in total. The van der Waals surface area contributed by atoms with Gasteiger partial charge in [0.25, 0.3) is 5.91 Å². The number of aromatic nitrogens is 2. The van der Waals surface area contributed by atoms with Gasteiger partial charge in [-0.25, -0.2) is 4.68 Å². The van der Waals surface area contributed by atoms with Gasteiger partial charge in [-0.15, -0.1) is 0 Å². The Morgan fingerprint density at radius 2 is 2.14 bits per heavy atom. The van der Waals surface area contributed by atoms with Gasteiger partial charge in [0.1, 0.15) is 0 Å². The van der Waals surface area contributed by atoms with Crippen LogP contribution in [0.15, 0.2) is 30.3 Å². The van der Waals surface area contributed by atoms with Gasteiger partial charge in [0.05, 0.1) is 11.6 Å². The highest BCUT2D eigenvalue weighted by Crippen LogP contribution is 2.16. The minimum atomic E-state index is -0.957. The molecule has 22 heavy (non-hydrogen) atoms. The number of hydrogen-bond donors (Lipinski definition) is 2. The zero-order valence-electron chi connectivity index (χ0n) is 12.2. The first-order chi connectivity index (χ1) is 10.4. The maximum absolute atomic E-state index is 12.0. The number of carboxylic acid groups (broad SMARTS) is 1. The first kappa shape index (κ1) is 16.0. The van der Waals surface area contributed by atoms with E-state index < -0.39 is 17.8 Å². The minimum Gasteiger partial charge on any atom is -0.481 e. The van der Waals surface area contributed by atoms with Crippen LogP contribution in [-0.2, 0) is 4.79 Å². The van der Waals surface area contributed by atoms with Crippen LogP contribution in [0.25, 0.3) is 5.69 Å². The van der Waals surface area contributed by atoms with Gasteiger partial charge in [0.15, 0.2) is 5.69 Å². The van der Waals surface area contributed by atoms with Gasteiger partial charge in [0.2, 0.25) is 0 Å². The number of nitrogens with one attached hydrogen (secondary N) is 1. The van der Waals surface area contributed by atoms with Crippen molar-refractivity contribution in [3.05, 3.63) is 46.7 Å². The van der Waals surface area contributed by atoms with E-state index in [4.69, 9.17) is 16.7 Å². The van der Waals surface area contributed by atoms with Crippen molar-refractivity contribution < 1.29 is 14.7 Å². The number of nitrogens with zero attached hydrogens (tertiary/aromatic N) is 2. The number of amides is 1. The Balaban J connectivity index is 2.16. The Hall–Kier alpha value is -2.34. The lowest BCUT2D eigenvalue weighted by molar-refractivity contribution is -0.140. The molecule has 7 heteroatoms. The lowest BCUT2D eigenvalue weighted by Crippen LogP contribution is -2.31. The summed E-state index contributed by atoms with van der Waals surface area (Å²) in [5.74, 6) is -2.02. The Labute approximate surface area is 132 Å². The van der Waals surface area contributed by atoms with Gasteiger partial charge < -0.3 is 10.4 Å². The van der Waals surface area contributed by atoms with Crippen molar-refractivity contribution in [1.29, 1.82) is 0 Å². The molecule has 0 radical (unpaired) electrons. The van der Waals surface area contributed by atoms with E-state index in [0.29, 0.717) is 5.02 Å². The number of halogens is 1. The quantitative estimate of drug-likeness (QED) is 0.885. The summed E-state index contributed by atoms with van der Waals surface area (Å²) in [5, 5.41) is 16.2. The molecule has 1 aromatic carbocycles. The van der Waals surface area contributed by atoms with Crippen LogP contribution in [0.2, 0.25) is 5.02 Å². The fourth-order valence-corrected chi connectivity index (χ4v) is 2.06. The fourth-order valence-electron chi connectivity index (χ4n) is 1.88. The predicted octanol–water partition coefficient (Wildman–Crippen LogP) is 2.28. The van der Waals surface area contributed by atoms with Gasteiger partial charge in [-0.2, -0.15) is 5.10 Å². The van der Waals surface area contributed by atoms with E-state index in [-0.39, 0.29) is 12.2 Å². The molecule has 6 nitrogen and oxygen atoms in total. The van der Waals surface area contributed by atoms with E-state index >= 15 is 0 Å². The molecule has 0 spiro atoms. The van der Waals surface area contributed by atoms with Gasteiger partial charge in [-0.3, -0.25) is 9.59 Å². The Morgan fingerprint density at radius 1 is 1.41 bits per heavy atom. The van der Waals surface area contributed by atoms with Crippen LogP contribution in [0.4, 0.5) is 0 Å². The number of carboxylic acids is 1. The number of hydrogen-bond acceptors (Lipinski definition) is 3. The fraction of sp³-hybridized carbons (Fsp3) is 0.267. The number of aliphatic carboxylic acids is 1. The van der Waals surface area contributed by atoms with Crippen LogP contribution in [0, 0.1) is 12.8 Å². The molecule has 0 bridgehead atoms. The number of carbonyl (C=O) groups excluding carboxylic acids is 1. The third-order valence-corrected chi connectivity index (χ3v) is 3.40. The normalized spacial score (nSPS) is 12.0. The molecule has 0 aliphatic heterocycles. The first-order valence-electron chi connectivity index (χ1n) is 6.72. The summed E-state index contributed by atoms with van der Waals surface area (Å²) in [6.45, 7) is 3.40. The largest absolute Gasteiger partial charge is 0.481 e. The highest BCUT2D eigenvalue weighted by atomic mass is 35.5. The standard InChI is InChI=1S/C15H16ClN3O3/c1-9(15(21)22)8-17-14(20)13-6-10(2)19(18-13)12-5-3-4-11(16)7-12/h3-7,9H,8H2,1-2H3,(H,17,20)(H,21,22). The molecule has 2 rings (SSSR count). The maximum atomic E-state index is 12.0. The Morgan fingerprint density at radius 3 is 2.77 bits per heavy atom. The third kappa shape index (κ3) is 3.65. The van der Waals surface area contributed by atoms with Crippen LogP contribution < -0.4 is 5.32 Å². The number of aryl methyl sites for hydroxylation is 1. The van der Waals surface area contributed by atoms with E-state index in [2.05, 4.69) is 10.4 Å². The summed E-state index contributed by atoms with van der Waals surface area (Å²) in [7, 11) is 0. The zero-order chi connectivity index (χ0) is 16.3. The van der Waals surface area contributed by atoms with E-state index in [9.17, 15) is 9.59 Å². The van der Waals surface area contributed by atoms with Crippen molar-refractivity contribution in [2.45, 2.75) is 13.8 Å². The summed E-state index contributed by atoms with van der Waals surface area (Å²) >= 11 is 5.95. The van der Waals surface area contributed by atoms with E-state index in [1.165, 1.54) is 6.92 Å². The lowest BCUT2D eigenvalue weighted by Gasteiger charge is -2.07. The van der Waals surface area contributed by atoms with Gasteiger partial charge >= 0.3 is 5.97 Å². The maximum Gasteiger partial charge on any atom is 0.308 e. The van der Waals surface area contributed by atoms with Crippen molar-refractivity contribution in [1.82, 2.24) is 15.1 Å². The molecule has 0 saturated heterocycles. The van der Waals surface area contributed by atoms with Crippen LogP contribution >= 0.6 is 11.6 Å². The van der Waals surface area contributed by atoms with Crippen LogP contribution in [0.3, 0.4) is 0 Å². The van der Waals surface area contributed by atoms with Crippen molar-refractivity contribution in [3.63, 3.8) is 0 Å². The number of carbonyl (C=O) groups is 2. The molecule has 2 aromatic rings. The molecule has 0 fully saturated rings. The van der Waals surface area contributed by atoms with Gasteiger partial charge in [-0.05, 0) is 31.2 Å². The van der Waals surface area contributed by atoms with E-state index in [1.54, 1.807) is 28.9 Å². The average molecular weight is 322 g/mol. The minimum absolute atomic E-state index is 0.0528. The molecule has 1 heterocycles. The van der Waals surface area contributed by atoms with Crippen molar-refractivity contribution in [3.8, 4) is 5.69 Å². The Bertz CT molecular complexity index is 712. The number of benzene rings is 1. The molecule has 116 valence electrons. The second kappa shape index (κ2) is 6.62. The monoisotopic (exact) mass is 321 g/mol. The van der Waals surface area contributed by atoms with Gasteiger partial charge in [0, 0.05) is 17.3 Å². The smallest absolute Gasteiger partial charge is 0.308 e. The second-order valence-corrected chi connectivity index (χ2v) is 5.45. The van der Waals surface area contributed by atoms with Gasteiger partial charge in [-0.1, -0.05) is 24.6 Å². The molecular weight excluding hydrogens is 306 g/mol. The summed E-state index contributed by atoms with van der Waals surface area (Å²) < 4.78 is 1.61. The van der Waals surface area contributed by atoms with E-state index in [1.807, 2.05) is 13.0 Å². The third-order valence-electron chi connectivity index (χ3n) is 3.16. The summed E-state index contributed by atoms with van der Waals surface area (Å²) in [4.78, 5) is 22.8. The average Bonchev–Trinajstić information content (AvgIpc) is 2.86. The molecule has 1 amide bonds. The zero-order valence-corrected chi connectivity index (χ0v) is 13.0. The molecule has 1 aromatic heterocycles. The molecule has 0 aliphatic carbocycles.